The number of rotatable bonds is 4. The summed E-state index contributed by atoms with van der Waals surface area (Å²) in [6.07, 6.45) is 6.41. The fraction of sp³-hybridized carbons (Fsp3) is 0.588. The molecule has 3 N–H and O–H groups in total. The second-order valence-electron chi connectivity index (χ2n) is 6.31. The van der Waals surface area contributed by atoms with Gasteiger partial charge in [-0.3, -0.25) is 4.79 Å². The molecule has 0 heterocycles. The lowest BCUT2D eigenvalue weighted by Crippen LogP contribution is -2.36. The first kappa shape index (κ1) is 18.0. The highest BCUT2D eigenvalue weighted by Crippen LogP contribution is 2.38. The van der Waals surface area contributed by atoms with Gasteiger partial charge in [0, 0.05) is 12.1 Å². The first-order valence-corrected chi connectivity index (χ1v) is 7.62. The molecule has 1 amide bonds. The molecule has 0 radical (unpaired) electrons. The molecular weight excluding hydrogens is 284 g/mol. The van der Waals surface area contributed by atoms with Crippen molar-refractivity contribution in [1.29, 1.82) is 0 Å². The molecule has 1 aliphatic rings. The van der Waals surface area contributed by atoms with Gasteiger partial charge in [-0.05, 0) is 55.8 Å². The van der Waals surface area contributed by atoms with Crippen molar-refractivity contribution in [3.8, 4) is 0 Å². The van der Waals surface area contributed by atoms with Crippen LogP contribution in [0, 0.1) is 19.3 Å². The second kappa shape index (κ2) is 7.81. The average molecular weight is 311 g/mol. The molecule has 3 nitrogen and oxygen atoms in total. The quantitative estimate of drug-likeness (QED) is 0.884. The molecule has 1 aromatic rings. The van der Waals surface area contributed by atoms with Crippen LogP contribution in [0.2, 0.25) is 0 Å². The van der Waals surface area contributed by atoms with Crippen molar-refractivity contribution in [2.75, 3.05) is 11.9 Å². The zero-order valence-electron chi connectivity index (χ0n) is 13.1. The first-order chi connectivity index (χ1) is 9.54. The summed E-state index contributed by atoms with van der Waals surface area (Å²) in [5.41, 5.74) is 9.18. The topological polar surface area (TPSA) is 55.1 Å². The van der Waals surface area contributed by atoms with Crippen LogP contribution in [0.15, 0.2) is 18.2 Å². The molecule has 0 spiro atoms. The van der Waals surface area contributed by atoms with Crippen LogP contribution in [0.4, 0.5) is 5.69 Å². The highest BCUT2D eigenvalue weighted by Gasteiger charge is 2.32. The van der Waals surface area contributed by atoms with Gasteiger partial charge in [0.1, 0.15) is 0 Å². The van der Waals surface area contributed by atoms with Crippen LogP contribution in [0.1, 0.15) is 49.7 Å². The molecule has 0 unspecified atom stereocenters. The number of hydrogen-bond donors (Lipinski definition) is 2. The van der Waals surface area contributed by atoms with E-state index in [1.807, 2.05) is 26.0 Å². The third-order valence-corrected chi connectivity index (χ3v) is 4.55. The average Bonchev–Trinajstić information content (AvgIpc) is 2.44. The largest absolute Gasteiger partial charge is 0.330 e. The van der Waals surface area contributed by atoms with Crippen LogP contribution in [-0.2, 0) is 4.79 Å². The van der Waals surface area contributed by atoms with E-state index in [1.165, 1.54) is 19.3 Å². The van der Waals surface area contributed by atoms with Crippen LogP contribution in [0.25, 0.3) is 0 Å². The minimum absolute atomic E-state index is 0. The van der Waals surface area contributed by atoms with E-state index in [2.05, 4.69) is 11.4 Å². The molecule has 0 bridgehead atoms. The van der Waals surface area contributed by atoms with E-state index in [0.29, 0.717) is 13.0 Å². The van der Waals surface area contributed by atoms with E-state index in [0.717, 1.165) is 29.7 Å². The molecule has 118 valence electrons. The Hall–Kier alpha value is -1.06. The number of hydrogen-bond acceptors (Lipinski definition) is 2. The van der Waals surface area contributed by atoms with Crippen molar-refractivity contribution >= 4 is 24.0 Å². The molecular formula is C17H27ClN2O. The summed E-state index contributed by atoms with van der Waals surface area (Å²) in [4.78, 5) is 12.3. The summed E-state index contributed by atoms with van der Waals surface area (Å²) in [5, 5.41) is 3.06. The number of carbonyl (C=O) groups excluding carboxylic acids is 1. The van der Waals surface area contributed by atoms with E-state index in [4.69, 9.17) is 5.73 Å². The monoisotopic (exact) mass is 310 g/mol. The molecule has 21 heavy (non-hydrogen) atoms. The van der Waals surface area contributed by atoms with Gasteiger partial charge in [-0.25, -0.2) is 0 Å². The SMILES string of the molecule is Cc1ccc(C)c(NC(=O)CC2(CN)CCCCC2)c1.Cl. The van der Waals surface area contributed by atoms with E-state index in [1.54, 1.807) is 0 Å². The minimum atomic E-state index is 0. The van der Waals surface area contributed by atoms with Gasteiger partial charge in [-0.2, -0.15) is 0 Å². The standard InChI is InChI=1S/C17H26N2O.ClH/c1-13-6-7-14(2)15(10-13)19-16(20)11-17(12-18)8-4-3-5-9-17;/h6-7,10H,3-5,8-9,11-12,18H2,1-2H3,(H,19,20);1H. The normalized spacial score (nSPS) is 16.9. The summed E-state index contributed by atoms with van der Waals surface area (Å²) in [5.74, 6) is 0.103. The van der Waals surface area contributed by atoms with Gasteiger partial charge >= 0.3 is 0 Å². The number of anilines is 1. The zero-order valence-corrected chi connectivity index (χ0v) is 13.9. The molecule has 2 rings (SSSR count). The van der Waals surface area contributed by atoms with Crippen LogP contribution in [0.5, 0.6) is 0 Å². The van der Waals surface area contributed by atoms with Crippen molar-refractivity contribution in [3.63, 3.8) is 0 Å². The maximum absolute atomic E-state index is 12.3. The summed E-state index contributed by atoms with van der Waals surface area (Å²) in [7, 11) is 0. The van der Waals surface area contributed by atoms with E-state index < -0.39 is 0 Å². The number of benzene rings is 1. The molecule has 4 heteroatoms. The van der Waals surface area contributed by atoms with E-state index in [9.17, 15) is 4.79 Å². The number of halogens is 1. The number of amides is 1. The van der Waals surface area contributed by atoms with Gasteiger partial charge in [-0.15, -0.1) is 12.4 Å². The molecule has 1 fully saturated rings. The Bertz CT molecular complexity index is 482. The third-order valence-electron chi connectivity index (χ3n) is 4.55. The fourth-order valence-corrected chi connectivity index (χ4v) is 3.16. The molecule has 1 aliphatic carbocycles. The summed E-state index contributed by atoms with van der Waals surface area (Å²) in [6, 6.07) is 6.14. The van der Waals surface area contributed by atoms with Crippen LogP contribution in [-0.4, -0.2) is 12.5 Å². The summed E-state index contributed by atoms with van der Waals surface area (Å²) in [6.45, 7) is 4.68. The van der Waals surface area contributed by atoms with E-state index in [-0.39, 0.29) is 23.7 Å². The molecule has 1 saturated carbocycles. The fourth-order valence-electron chi connectivity index (χ4n) is 3.16. The van der Waals surface area contributed by atoms with Crippen LogP contribution in [0.3, 0.4) is 0 Å². The van der Waals surface area contributed by atoms with Crippen molar-refractivity contribution in [2.45, 2.75) is 52.4 Å². The predicted molar refractivity (Wildman–Crippen MR) is 91.0 cm³/mol. The smallest absolute Gasteiger partial charge is 0.224 e. The van der Waals surface area contributed by atoms with Gasteiger partial charge in [-0.1, -0.05) is 31.4 Å². The first-order valence-electron chi connectivity index (χ1n) is 7.62. The molecule has 0 saturated heterocycles. The lowest BCUT2D eigenvalue weighted by molar-refractivity contribution is -0.118. The Morgan fingerprint density at radius 2 is 1.90 bits per heavy atom. The Morgan fingerprint density at radius 3 is 2.52 bits per heavy atom. The number of nitrogens with two attached hydrogens (primary N) is 1. The predicted octanol–water partition coefficient (Wildman–Crippen LogP) is 3.96. The highest BCUT2D eigenvalue weighted by molar-refractivity contribution is 5.92. The van der Waals surface area contributed by atoms with Crippen LogP contribution >= 0.6 is 12.4 Å². The van der Waals surface area contributed by atoms with Crippen molar-refractivity contribution in [2.24, 2.45) is 11.1 Å². The Labute approximate surface area is 134 Å². The van der Waals surface area contributed by atoms with Crippen LogP contribution < -0.4 is 11.1 Å². The second-order valence-corrected chi connectivity index (χ2v) is 6.31. The Morgan fingerprint density at radius 1 is 1.24 bits per heavy atom. The lowest BCUT2D eigenvalue weighted by atomic mass is 9.71. The Balaban J connectivity index is 0.00000220. The van der Waals surface area contributed by atoms with Gasteiger partial charge in [0.2, 0.25) is 5.91 Å². The molecule has 0 atom stereocenters. The van der Waals surface area contributed by atoms with Gasteiger partial charge in [0.05, 0.1) is 0 Å². The third kappa shape index (κ3) is 4.72. The van der Waals surface area contributed by atoms with Crippen molar-refractivity contribution in [3.05, 3.63) is 29.3 Å². The molecule has 1 aromatic carbocycles. The van der Waals surface area contributed by atoms with Gasteiger partial charge in [0.25, 0.3) is 0 Å². The summed E-state index contributed by atoms with van der Waals surface area (Å²) >= 11 is 0. The minimum Gasteiger partial charge on any atom is -0.330 e. The Kier molecular flexibility index (Phi) is 6.69. The zero-order chi connectivity index (χ0) is 14.6. The van der Waals surface area contributed by atoms with Gasteiger partial charge in [0.15, 0.2) is 0 Å². The van der Waals surface area contributed by atoms with E-state index >= 15 is 0 Å². The van der Waals surface area contributed by atoms with Gasteiger partial charge < -0.3 is 11.1 Å². The van der Waals surface area contributed by atoms with Crippen molar-refractivity contribution < 1.29 is 4.79 Å². The highest BCUT2D eigenvalue weighted by atomic mass is 35.5. The molecule has 0 aromatic heterocycles. The number of aryl methyl sites for hydroxylation is 2. The lowest BCUT2D eigenvalue weighted by Gasteiger charge is -2.35. The maximum atomic E-state index is 12.3. The molecule has 0 aliphatic heterocycles. The summed E-state index contributed by atoms with van der Waals surface area (Å²) < 4.78 is 0. The number of nitrogens with one attached hydrogen (secondary N) is 1. The number of carbonyl (C=O) groups is 1. The maximum Gasteiger partial charge on any atom is 0.224 e. The van der Waals surface area contributed by atoms with Crippen molar-refractivity contribution in [1.82, 2.24) is 0 Å².